The molecule has 0 radical (unpaired) electrons. The van der Waals surface area contributed by atoms with Crippen LogP contribution < -0.4 is 0 Å². The lowest BCUT2D eigenvalue weighted by Crippen LogP contribution is -2.45. The molecule has 0 aromatic heterocycles. The molecule has 0 fully saturated rings. The van der Waals surface area contributed by atoms with Crippen molar-refractivity contribution in [2.75, 3.05) is 13.1 Å². The number of aliphatic carboxylic acids is 2. The van der Waals surface area contributed by atoms with Gasteiger partial charge >= 0.3 is 11.9 Å². The summed E-state index contributed by atoms with van der Waals surface area (Å²) in [5.41, 5.74) is -0.0417. The number of imide groups is 2. The summed E-state index contributed by atoms with van der Waals surface area (Å²) < 4.78 is 0. The molecule has 140 valence electrons. The van der Waals surface area contributed by atoms with Crippen molar-refractivity contribution >= 4 is 46.3 Å². The van der Waals surface area contributed by atoms with Gasteiger partial charge in [-0.2, -0.15) is 0 Å². The highest BCUT2D eigenvalue weighted by atomic mass is 16.4. The van der Waals surface area contributed by atoms with Gasteiger partial charge in [-0.05, 0) is 24.3 Å². The molecule has 0 unspecified atom stereocenters. The van der Waals surface area contributed by atoms with E-state index in [1.807, 2.05) is 0 Å². The topological polar surface area (TPSA) is 149 Å². The van der Waals surface area contributed by atoms with Crippen molar-refractivity contribution in [3.63, 3.8) is 0 Å². The molecular formula is C18H10N2O8. The largest absolute Gasteiger partial charge is 0.480 e. The number of nitrogens with zero attached hydrogens (tertiary/aromatic N) is 2. The van der Waals surface area contributed by atoms with E-state index >= 15 is 0 Å². The number of hydrogen-bond acceptors (Lipinski definition) is 6. The Morgan fingerprint density at radius 1 is 0.607 bits per heavy atom. The number of benzene rings is 2. The maximum Gasteiger partial charge on any atom is 0.323 e. The Bertz CT molecular complexity index is 1000. The second kappa shape index (κ2) is 5.71. The fraction of sp³-hybridized carbons (Fsp3) is 0.111. The molecule has 2 heterocycles. The van der Waals surface area contributed by atoms with E-state index in [2.05, 4.69) is 0 Å². The first-order valence-corrected chi connectivity index (χ1v) is 7.98. The summed E-state index contributed by atoms with van der Waals surface area (Å²) in [6.07, 6.45) is 0. The van der Waals surface area contributed by atoms with Crippen molar-refractivity contribution < 1.29 is 39.0 Å². The number of carboxylic acid groups (broad SMARTS) is 2. The number of amides is 4. The molecule has 2 aliphatic heterocycles. The molecule has 0 aliphatic carbocycles. The number of carboxylic acids is 2. The number of carbonyl (C=O) groups excluding carboxylic acids is 4. The first-order valence-electron chi connectivity index (χ1n) is 7.98. The minimum atomic E-state index is -1.37. The smallest absolute Gasteiger partial charge is 0.323 e. The summed E-state index contributed by atoms with van der Waals surface area (Å²) in [5.74, 6) is -6.14. The molecule has 10 nitrogen and oxygen atoms in total. The second-order valence-corrected chi connectivity index (χ2v) is 6.25. The fourth-order valence-electron chi connectivity index (χ4n) is 3.53. The Morgan fingerprint density at radius 3 is 1.07 bits per heavy atom. The van der Waals surface area contributed by atoms with Gasteiger partial charge in [-0.25, -0.2) is 0 Å². The lowest BCUT2D eigenvalue weighted by atomic mass is 9.86. The summed E-state index contributed by atoms with van der Waals surface area (Å²) >= 11 is 0. The molecule has 2 aromatic carbocycles. The van der Waals surface area contributed by atoms with Crippen molar-refractivity contribution in [1.82, 2.24) is 9.80 Å². The van der Waals surface area contributed by atoms with Gasteiger partial charge in [0.2, 0.25) is 0 Å². The predicted molar refractivity (Wildman–Crippen MR) is 90.0 cm³/mol. The minimum absolute atomic E-state index is 0.0104. The lowest BCUT2D eigenvalue weighted by Gasteiger charge is -2.30. The van der Waals surface area contributed by atoms with Crippen LogP contribution in [0, 0.1) is 0 Å². The van der Waals surface area contributed by atoms with Crippen LogP contribution in [0.5, 0.6) is 0 Å². The Morgan fingerprint density at radius 2 is 0.857 bits per heavy atom. The zero-order valence-corrected chi connectivity index (χ0v) is 14.0. The van der Waals surface area contributed by atoms with E-state index in [4.69, 9.17) is 10.2 Å². The first kappa shape index (κ1) is 17.3. The third-order valence-corrected chi connectivity index (χ3v) is 4.65. The van der Waals surface area contributed by atoms with Crippen LogP contribution in [0.25, 0.3) is 10.8 Å². The molecule has 0 saturated carbocycles. The molecule has 10 heteroatoms. The van der Waals surface area contributed by atoms with Crippen LogP contribution in [-0.4, -0.2) is 68.7 Å². The van der Waals surface area contributed by atoms with Crippen molar-refractivity contribution in [3.05, 3.63) is 46.5 Å². The SMILES string of the molecule is O=C(O)CN1C(=O)c2ccc3c4c(ccc(c24)C1=O)C(=O)N(CC(=O)O)C3=O. The van der Waals surface area contributed by atoms with Gasteiger partial charge in [0, 0.05) is 33.0 Å². The summed E-state index contributed by atoms with van der Waals surface area (Å²) in [6.45, 7) is -1.65. The van der Waals surface area contributed by atoms with Gasteiger partial charge in [0.1, 0.15) is 13.1 Å². The van der Waals surface area contributed by atoms with Gasteiger partial charge in [-0.15, -0.1) is 0 Å². The van der Waals surface area contributed by atoms with Crippen LogP contribution in [0.2, 0.25) is 0 Å². The Hall–Kier alpha value is -4.08. The zero-order valence-electron chi connectivity index (χ0n) is 14.0. The summed E-state index contributed by atoms with van der Waals surface area (Å²) in [4.78, 5) is 73.7. The van der Waals surface area contributed by atoms with Crippen LogP contribution in [0.4, 0.5) is 0 Å². The summed E-state index contributed by atoms with van der Waals surface area (Å²) in [6, 6.07) is 5.06. The van der Waals surface area contributed by atoms with E-state index in [1.54, 1.807) is 0 Å². The van der Waals surface area contributed by atoms with E-state index in [-0.39, 0.29) is 33.0 Å². The molecule has 28 heavy (non-hydrogen) atoms. The Kier molecular flexibility index (Phi) is 3.54. The van der Waals surface area contributed by atoms with Crippen LogP contribution in [0.1, 0.15) is 41.4 Å². The van der Waals surface area contributed by atoms with E-state index in [0.29, 0.717) is 9.80 Å². The number of carbonyl (C=O) groups is 6. The van der Waals surface area contributed by atoms with Gasteiger partial charge in [-0.1, -0.05) is 0 Å². The molecule has 0 atom stereocenters. The molecule has 0 spiro atoms. The highest BCUT2D eigenvalue weighted by molar-refractivity contribution is 6.33. The van der Waals surface area contributed by atoms with Crippen LogP contribution in [0.15, 0.2) is 24.3 Å². The standard InChI is InChI=1S/C18H10N2O8/c21-11(22)5-19-15(25)7-1-2-8-14-10(4-3-9(13(7)14)17(19)27)18(28)20(16(8)26)6-12(23)24/h1-4H,5-6H2,(H,21,22)(H,23,24). The molecule has 0 saturated heterocycles. The van der Waals surface area contributed by atoms with Gasteiger partial charge in [0.25, 0.3) is 23.6 Å². The predicted octanol–water partition coefficient (Wildman–Crippen LogP) is 0.201. The van der Waals surface area contributed by atoms with Crippen molar-refractivity contribution in [2.24, 2.45) is 0 Å². The van der Waals surface area contributed by atoms with Crippen LogP contribution in [0.3, 0.4) is 0 Å². The van der Waals surface area contributed by atoms with Crippen LogP contribution >= 0.6 is 0 Å². The van der Waals surface area contributed by atoms with Crippen molar-refractivity contribution in [2.45, 2.75) is 0 Å². The zero-order chi connectivity index (χ0) is 20.3. The maximum absolute atomic E-state index is 12.6. The normalized spacial score (nSPS) is 15.4. The maximum atomic E-state index is 12.6. The van der Waals surface area contributed by atoms with E-state index < -0.39 is 48.7 Å². The molecule has 4 rings (SSSR count). The average molecular weight is 382 g/mol. The molecular weight excluding hydrogens is 372 g/mol. The molecule has 2 N–H and O–H groups in total. The monoisotopic (exact) mass is 382 g/mol. The van der Waals surface area contributed by atoms with Crippen molar-refractivity contribution in [3.8, 4) is 0 Å². The fourth-order valence-corrected chi connectivity index (χ4v) is 3.53. The first-order chi connectivity index (χ1) is 13.2. The third kappa shape index (κ3) is 2.21. The summed E-state index contributed by atoms with van der Waals surface area (Å²) in [7, 11) is 0. The number of hydrogen-bond donors (Lipinski definition) is 2. The van der Waals surface area contributed by atoms with Gasteiger partial charge in [0.05, 0.1) is 0 Å². The highest BCUT2D eigenvalue weighted by Crippen LogP contribution is 2.37. The van der Waals surface area contributed by atoms with Gasteiger partial charge in [-0.3, -0.25) is 38.6 Å². The van der Waals surface area contributed by atoms with E-state index in [9.17, 15) is 28.8 Å². The van der Waals surface area contributed by atoms with Gasteiger partial charge < -0.3 is 10.2 Å². The second-order valence-electron chi connectivity index (χ2n) is 6.25. The number of rotatable bonds is 4. The quantitative estimate of drug-likeness (QED) is 0.712. The van der Waals surface area contributed by atoms with E-state index in [1.165, 1.54) is 24.3 Å². The highest BCUT2D eigenvalue weighted by Gasteiger charge is 2.40. The molecule has 0 bridgehead atoms. The van der Waals surface area contributed by atoms with Crippen molar-refractivity contribution in [1.29, 1.82) is 0 Å². The molecule has 4 amide bonds. The van der Waals surface area contributed by atoms with Gasteiger partial charge in [0.15, 0.2) is 0 Å². The van der Waals surface area contributed by atoms with E-state index in [0.717, 1.165) is 0 Å². The average Bonchev–Trinajstić information content (AvgIpc) is 2.64. The molecule has 2 aromatic rings. The third-order valence-electron chi connectivity index (χ3n) is 4.65. The molecule has 2 aliphatic rings. The summed E-state index contributed by atoms with van der Waals surface area (Å²) in [5, 5.41) is 18.1. The minimum Gasteiger partial charge on any atom is -0.480 e. The Labute approximate surface area is 155 Å². The Balaban J connectivity index is 1.98. The van der Waals surface area contributed by atoms with Crippen LogP contribution in [-0.2, 0) is 9.59 Å². The lowest BCUT2D eigenvalue weighted by molar-refractivity contribution is -0.138.